The molecule has 0 aromatic carbocycles. The molecular weight excluding hydrogens is 406 g/mol. The van der Waals surface area contributed by atoms with Crippen LogP contribution in [-0.2, 0) is 24.5 Å². The van der Waals surface area contributed by atoms with Crippen LogP contribution >= 0.6 is 11.6 Å². The van der Waals surface area contributed by atoms with Gasteiger partial charge in [-0.3, -0.25) is 4.79 Å². The van der Waals surface area contributed by atoms with E-state index >= 15 is 0 Å². The van der Waals surface area contributed by atoms with Crippen LogP contribution in [0.25, 0.3) is 10.9 Å². The Labute approximate surface area is 179 Å². The number of fused-ring (bicyclic) bond motifs is 3. The smallest absolute Gasteiger partial charge is 0.273 e. The van der Waals surface area contributed by atoms with Crippen molar-refractivity contribution in [2.75, 3.05) is 12.8 Å². The molecule has 2 N–H and O–H groups in total. The highest BCUT2D eigenvalue weighted by Crippen LogP contribution is 2.31. The Morgan fingerprint density at radius 3 is 2.77 bits per heavy atom. The van der Waals surface area contributed by atoms with Gasteiger partial charge in [0, 0.05) is 17.0 Å². The number of nitrogen functional groups attached to an aromatic ring is 1. The minimum Gasteiger partial charge on any atom is -0.494 e. The Balaban J connectivity index is 1.68. The number of anilines is 1. The Kier molecular flexibility index (Phi) is 5.44. The van der Waals surface area contributed by atoms with Gasteiger partial charge in [0.2, 0.25) is 0 Å². The molecule has 8 nitrogen and oxygen atoms in total. The van der Waals surface area contributed by atoms with Gasteiger partial charge in [-0.1, -0.05) is 11.6 Å². The maximum Gasteiger partial charge on any atom is 0.273 e. The van der Waals surface area contributed by atoms with Crippen molar-refractivity contribution in [2.45, 2.75) is 39.6 Å². The predicted molar refractivity (Wildman–Crippen MR) is 113 cm³/mol. The quantitative estimate of drug-likeness (QED) is 0.622. The summed E-state index contributed by atoms with van der Waals surface area (Å²) in [5.41, 5.74) is 9.50. The Hall–Kier alpha value is -2.97. The van der Waals surface area contributed by atoms with Crippen molar-refractivity contribution in [3.8, 4) is 5.75 Å². The molecule has 0 saturated carbocycles. The molecule has 156 valence electrons. The summed E-state index contributed by atoms with van der Waals surface area (Å²) in [5, 5.41) is 1.10. The van der Waals surface area contributed by atoms with Gasteiger partial charge in [0.1, 0.15) is 11.5 Å². The molecule has 1 aliphatic rings. The molecule has 0 radical (unpaired) electrons. The molecule has 4 rings (SSSR count). The Morgan fingerprint density at radius 1 is 1.30 bits per heavy atom. The molecule has 30 heavy (non-hydrogen) atoms. The molecule has 0 fully saturated rings. The number of rotatable bonds is 5. The van der Waals surface area contributed by atoms with E-state index < -0.39 is 0 Å². The number of carbonyl (C=O) groups is 1. The summed E-state index contributed by atoms with van der Waals surface area (Å²) in [4.78, 5) is 28.1. The number of amides is 1. The average molecular weight is 428 g/mol. The van der Waals surface area contributed by atoms with E-state index in [9.17, 15) is 4.79 Å². The van der Waals surface area contributed by atoms with Gasteiger partial charge in [-0.15, -0.1) is 0 Å². The molecule has 0 bridgehead atoms. The third-order valence-electron chi connectivity index (χ3n) is 5.14. The number of ether oxygens (including phenoxy) is 2. The molecule has 4 heterocycles. The van der Waals surface area contributed by atoms with Crippen molar-refractivity contribution in [3.05, 3.63) is 52.1 Å². The zero-order valence-corrected chi connectivity index (χ0v) is 17.7. The van der Waals surface area contributed by atoms with Crippen LogP contribution < -0.4 is 10.5 Å². The van der Waals surface area contributed by atoms with E-state index in [2.05, 4.69) is 15.0 Å². The van der Waals surface area contributed by atoms with E-state index in [-0.39, 0.29) is 17.1 Å². The molecular formula is C21H22ClN5O3. The zero-order chi connectivity index (χ0) is 21.4. The van der Waals surface area contributed by atoms with Crippen molar-refractivity contribution in [3.63, 3.8) is 0 Å². The van der Waals surface area contributed by atoms with Crippen LogP contribution in [0.2, 0.25) is 5.15 Å². The summed E-state index contributed by atoms with van der Waals surface area (Å²) in [6, 6.07) is 5.22. The highest BCUT2D eigenvalue weighted by atomic mass is 35.5. The lowest BCUT2D eigenvalue weighted by Gasteiger charge is -2.26. The summed E-state index contributed by atoms with van der Waals surface area (Å²) in [6.07, 6.45) is 1.58. The van der Waals surface area contributed by atoms with Crippen molar-refractivity contribution in [2.24, 2.45) is 0 Å². The molecule has 3 aromatic rings. The first-order valence-corrected chi connectivity index (χ1v) is 9.92. The van der Waals surface area contributed by atoms with E-state index in [4.69, 9.17) is 26.8 Å². The van der Waals surface area contributed by atoms with Gasteiger partial charge in [-0.25, -0.2) is 15.0 Å². The second-order valence-electron chi connectivity index (χ2n) is 7.36. The van der Waals surface area contributed by atoms with Crippen LogP contribution in [0.4, 0.5) is 5.82 Å². The molecule has 0 aliphatic carbocycles. The van der Waals surface area contributed by atoms with Crippen LogP contribution in [0.5, 0.6) is 5.75 Å². The molecule has 0 atom stereocenters. The first-order valence-electron chi connectivity index (χ1n) is 9.54. The second kappa shape index (κ2) is 8.04. The lowest BCUT2D eigenvalue weighted by Crippen LogP contribution is -2.37. The lowest BCUT2D eigenvalue weighted by atomic mass is 10.1. The summed E-state index contributed by atoms with van der Waals surface area (Å²) in [7, 11) is 1.53. The fourth-order valence-corrected chi connectivity index (χ4v) is 3.75. The SMILES string of the molecule is COc1ccc(CN(C(=O)c2cc3c4c(c(N)nc3cn2)COC4)C(C)C)nc1Cl. The number of hydrogen-bond acceptors (Lipinski definition) is 7. The number of carbonyl (C=O) groups excluding carboxylic acids is 1. The normalized spacial score (nSPS) is 13.0. The minimum atomic E-state index is -0.204. The van der Waals surface area contributed by atoms with E-state index in [1.54, 1.807) is 29.3 Å². The lowest BCUT2D eigenvalue weighted by molar-refractivity contribution is 0.0682. The molecule has 0 spiro atoms. The van der Waals surface area contributed by atoms with Crippen LogP contribution in [-0.4, -0.2) is 38.9 Å². The maximum absolute atomic E-state index is 13.3. The number of methoxy groups -OCH3 is 1. The minimum absolute atomic E-state index is 0.0729. The maximum atomic E-state index is 13.3. The molecule has 1 aliphatic heterocycles. The van der Waals surface area contributed by atoms with Gasteiger partial charge in [0.05, 0.1) is 44.3 Å². The molecule has 1 amide bonds. The predicted octanol–water partition coefficient (Wildman–Crippen LogP) is 3.35. The fourth-order valence-electron chi connectivity index (χ4n) is 3.50. The molecule has 0 unspecified atom stereocenters. The number of nitrogens with two attached hydrogens (primary N) is 1. The molecule has 9 heteroatoms. The van der Waals surface area contributed by atoms with E-state index in [1.807, 2.05) is 13.8 Å². The van der Waals surface area contributed by atoms with E-state index in [1.165, 1.54) is 7.11 Å². The summed E-state index contributed by atoms with van der Waals surface area (Å²) in [5.74, 6) is 0.731. The zero-order valence-electron chi connectivity index (χ0n) is 17.0. The van der Waals surface area contributed by atoms with Gasteiger partial charge in [-0.2, -0.15) is 0 Å². The molecule has 3 aromatic heterocycles. The highest BCUT2D eigenvalue weighted by molar-refractivity contribution is 6.30. The highest BCUT2D eigenvalue weighted by Gasteiger charge is 2.24. The van der Waals surface area contributed by atoms with Gasteiger partial charge in [0.25, 0.3) is 5.91 Å². The van der Waals surface area contributed by atoms with Crippen molar-refractivity contribution in [1.82, 2.24) is 19.9 Å². The Bertz CT molecular complexity index is 1140. The summed E-state index contributed by atoms with van der Waals surface area (Å²) in [6.45, 7) is 5.05. The summed E-state index contributed by atoms with van der Waals surface area (Å²) >= 11 is 6.14. The first-order chi connectivity index (χ1) is 14.4. The van der Waals surface area contributed by atoms with Crippen LogP contribution in [0.15, 0.2) is 24.4 Å². The Morgan fingerprint density at radius 2 is 2.07 bits per heavy atom. The second-order valence-corrected chi connectivity index (χ2v) is 7.71. The first kappa shape index (κ1) is 20.3. The number of hydrogen-bond donors (Lipinski definition) is 1. The van der Waals surface area contributed by atoms with Gasteiger partial charge >= 0.3 is 0 Å². The third kappa shape index (κ3) is 3.64. The fraction of sp³-hybridized carbons (Fsp3) is 0.333. The van der Waals surface area contributed by atoms with Crippen LogP contribution in [0.3, 0.4) is 0 Å². The standard InChI is InChI=1S/C21H22ClN5O3/c1-11(2)27(8-12-4-5-18(29-3)19(22)25-12)21(28)16-6-13-14-9-30-10-15(14)20(23)26-17(13)7-24-16/h4-7,11H,8-10H2,1-3H3,(H2,23,26). The number of aromatic nitrogens is 3. The molecule has 0 saturated heterocycles. The largest absolute Gasteiger partial charge is 0.494 e. The number of pyridine rings is 3. The van der Waals surface area contributed by atoms with Gasteiger partial charge in [0.15, 0.2) is 10.9 Å². The monoisotopic (exact) mass is 427 g/mol. The average Bonchev–Trinajstić information content (AvgIpc) is 3.22. The van der Waals surface area contributed by atoms with Crippen LogP contribution in [0, 0.1) is 0 Å². The number of nitrogens with zero attached hydrogens (tertiary/aromatic N) is 4. The van der Waals surface area contributed by atoms with Crippen LogP contribution in [0.1, 0.15) is 41.2 Å². The topological polar surface area (TPSA) is 103 Å². The van der Waals surface area contributed by atoms with Gasteiger partial charge in [-0.05, 0) is 37.6 Å². The van der Waals surface area contributed by atoms with E-state index in [0.29, 0.717) is 48.2 Å². The van der Waals surface area contributed by atoms with Crippen molar-refractivity contribution < 1.29 is 14.3 Å². The third-order valence-corrected chi connectivity index (χ3v) is 5.41. The van der Waals surface area contributed by atoms with Crippen molar-refractivity contribution in [1.29, 1.82) is 0 Å². The van der Waals surface area contributed by atoms with Gasteiger partial charge < -0.3 is 20.1 Å². The van der Waals surface area contributed by atoms with Crippen molar-refractivity contribution >= 4 is 34.2 Å². The summed E-state index contributed by atoms with van der Waals surface area (Å²) < 4.78 is 10.7. The number of halogens is 1. The van der Waals surface area contributed by atoms with E-state index in [0.717, 1.165) is 16.5 Å².